The third kappa shape index (κ3) is 3.61. The number of carbonyl (C=O) groups excluding carboxylic acids is 1. The van der Waals surface area contributed by atoms with Crippen molar-refractivity contribution in [1.29, 1.82) is 0 Å². The monoisotopic (exact) mass is 385 g/mol. The number of hydrogen-bond acceptors (Lipinski definition) is 4. The lowest BCUT2D eigenvalue weighted by Crippen LogP contribution is -2.19. The van der Waals surface area contributed by atoms with Gasteiger partial charge >= 0.3 is 0 Å². The molecule has 0 unspecified atom stereocenters. The normalized spacial score (nSPS) is 14.2. The number of rotatable bonds is 7. The summed E-state index contributed by atoms with van der Waals surface area (Å²) in [6.07, 6.45) is 7.35. The molecule has 0 bridgehead atoms. The number of aryl methyl sites for hydroxylation is 2. The number of Topliss-reactive ketones (excluding diaryl/α,β-unsaturated/α-hetero) is 1. The van der Waals surface area contributed by atoms with E-state index in [-0.39, 0.29) is 12.2 Å². The molecule has 0 aliphatic heterocycles. The molecule has 7 heteroatoms. The summed E-state index contributed by atoms with van der Waals surface area (Å²) < 4.78 is 34.0. The molecule has 0 amide bonds. The highest BCUT2D eigenvalue weighted by Gasteiger charge is 2.22. The van der Waals surface area contributed by atoms with Crippen molar-refractivity contribution < 1.29 is 18.3 Å². The summed E-state index contributed by atoms with van der Waals surface area (Å²) in [5, 5.41) is 0. The van der Waals surface area contributed by atoms with Crippen LogP contribution in [0, 0.1) is 24.5 Å². The van der Waals surface area contributed by atoms with Crippen LogP contribution in [-0.4, -0.2) is 26.8 Å². The Labute approximate surface area is 161 Å². The number of hydrogen-bond donors (Lipinski definition) is 0. The van der Waals surface area contributed by atoms with Crippen molar-refractivity contribution in [2.24, 2.45) is 5.92 Å². The van der Waals surface area contributed by atoms with Gasteiger partial charge < -0.3 is 4.74 Å². The van der Waals surface area contributed by atoms with Gasteiger partial charge in [-0.25, -0.2) is 18.7 Å². The minimum atomic E-state index is -0.907. The highest BCUT2D eigenvalue weighted by atomic mass is 19.2. The Morgan fingerprint density at radius 3 is 2.82 bits per heavy atom. The van der Waals surface area contributed by atoms with Crippen LogP contribution in [0.1, 0.15) is 47.4 Å². The van der Waals surface area contributed by atoms with E-state index in [1.54, 1.807) is 23.7 Å². The number of ether oxygens (including phenoxy) is 1. The van der Waals surface area contributed by atoms with E-state index < -0.39 is 11.6 Å². The smallest absolute Gasteiger partial charge is 0.258 e. The topological polar surface area (TPSA) is 56.5 Å². The Balaban J connectivity index is 1.52. The van der Waals surface area contributed by atoms with Gasteiger partial charge in [0.25, 0.3) is 5.88 Å². The number of aromatic nitrogens is 3. The number of fused-ring (bicyclic) bond motifs is 1. The first-order chi connectivity index (χ1) is 13.5. The minimum Gasteiger partial charge on any atom is -0.475 e. The van der Waals surface area contributed by atoms with Gasteiger partial charge in [0.15, 0.2) is 17.4 Å². The van der Waals surface area contributed by atoms with Crippen LogP contribution in [-0.2, 0) is 6.42 Å². The molecule has 5 nitrogen and oxygen atoms in total. The Morgan fingerprint density at radius 2 is 2.11 bits per heavy atom. The van der Waals surface area contributed by atoms with Crippen LogP contribution in [0.25, 0.3) is 5.65 Å². The van der Waals surface area contributed by atoms with Gasteiger partial charge in [-0.3, -0.25) is 9.20 Å². The zero-order valence-electron chi connectivity index (χ0n) is 15.6. The average molecular weight is 385 g/mol. The number of benzene rings is 1. The lowest BCUT2D eigenvalue weighted by atomic mass is 9.86. The lowest BCUT2D eigenvalue weighted by Gasteiger charge is -2.24. The van der Waals surface area contributed by atoms with Gasteiger partial charge in [0.1, 0.15) is 5.69 Å². The highest BCUT2D eigenvalue weighted by Crippen LogP contribution is 2.28. The molecule has 28 heavy (non-hydrogen) atoms. The van der Waals surface area contributed by atoms with E-state index in [9.17, 15) is 13.6 Å². The van der Waals surface area contributed by atoms with Crippen LogP contribution in [0.2, 0.25) is 0 Å². The van der Waals surface area contributed by atoms with E-state index in [1.165, 1.54) is 25.3 Å². The first-order valence-electron chi connectivity index (χ1n) is 9.46. The SMILES string of the molecule is Cc1nc2c(OCC3CCC3)nccn2c1C(=O)CCc1ccc(F)c(F)c1. The third-order valence-corrected chi connectivity index (χ3v) is 5.25. The molecule has 1 aliphatic rings. The zero-order chi connectivity index (χ0) is 19.7. The van der Waals surface area contributed by atoms with Crippen molar-refractivity contribution in [3.8, 4) is 5.88 Å². The lowest BCUT2D eigenvalue weighted by molar-refractivity contribution is 0.0976. The largest absolute Gasteiger partial charge is 0.475 e. The van der Waals surface area contributed by atoms with E-state index >= 15 is 0 Å². The Bertz CT molecular complexity index is 1030. The quantitative estimate of drug-likeness (QED) is 0.569. The van der Waals surface area contributed by atoms with Crippen molar-refractivity contribution >= 4 is 11.4 Å². The summed E-state index contributed by atoms with van der Waals surface area (Å²) in [5.41, 5.74) is 2.16. The second kappa shape index (κ2) is 7.66. The standard InChI is InChI=1S/C21H21F2N3O2/c1-13-19(18(27)8-6-14-5-7-16(22)17(23)11-14)26-10-9-24-21(20(26)25-13)28-12-15-3-2-4-15/h5,7,9-11,15H,2-4,6,8,12H2,1H3. The Morgan fingerprint density at radius 1 is 1.29 bits per heavy atom. The van der Waals surface area contributed by atoms with Gasteiger partial charge in [-0.15, -0.1) is 0 Å². The molecule has 2 heterocycles. The molecule has 1 aromatic carbocycles. The molecular weight excluding hydrogens is 364 g/mol. The summed E-state index contributed by atoms with van der Waals surface area (Å²) in [7, 11) is 0. The molecule has 3 aromatic rings. The Kier molecular flexibility index (Phi) is 5.07. The van der Waals surface area contributed by atoms with Crippen molar-refractivity contribution in [2.75, 3.05) is 6.61 Å². The van der Waals surface area contributed by atoms with Crippen LogP contribution < -0.4 is 4.74 Å². The number of imidazole rings is 1. The van der Waals surface area contributed by atoms with Crippen LogP contribution in [0.3, 0.4) is 0 Å². The summed E-state index contributed by atoms with van der Waals surface area (Å²) in [6, 6.07) is 3.69. The fraction of sp³-hybridized carbons (Fsp3) is 0.381. The van der Waals surface area contributed by atoms with Gasteiger partial charge in [-0.2, -0.15) is 0 Å². The number of carbonyl (C=O) groups is 1. The van der Waals surface area contributed by atoms with Crippen molar-refractivity contribution in [3.63, 3.8) is 0 Å². The Hall–Kier alpha value is -2.83. The first-order valence-corrected chi connectivity index (χ1v) is 9.46. The van der Waals surface area contributed by atoms with Crippen LogP contribution >= 0.6 is 0 Å². The number of nitrogens with zero attached hydrogens (tertiary/aromatic N) is 3. The van der Waals surface area contributed by atoms with Gasteiger partial charge in [0.05, 0.1) is 12.3 Å². The molecule has 0 saturated heterocycles. The molecule has 0 N–H and O–H groups in total. The highest BCUT2D eigenvalue weighted by molar-refractivity contribution is 5.96. The summed E-state index contributed by atoms with van der Waals surface area (Å²) in [5.74, 6) is -0.928. The minimum absolute atomic E-state index is 0.120. The molecular formula is C21H21F2N3O2. The van der Waals surface area contributed by atoms with Crippen molar-refractivity contribution in [1.82, 2.24) is 14.4 Å². The van der Waals surface area contributed by atoms with Crippen molar-refractivity contribution in [2.45, 2.75) is 39.0 Å². The molecule has 1 aliphatic carbocycles. The zero-order valence-corrected chi connectivity index (χ0v) is 15.6. The average Bonchev–Trinajstić information content (AvgIpc) is 2.98. The van der Waals surface area contributed by atoms with Crippen molar-refractivity contribution in [3.05, 3.63) is 59.2 Å². The van der Waals surface area contributed by atoms with Gasteiger partial charge in [0, 0.05) is 18.8 Å². The predicted octanol–water partition coefficient (Wildman–Crippen LogP) is 4.31. The second-order valence-electron chi connectivity index (χ2n) is 7.25. The summed E-state index contributed by atoms with van der Waals surface area (Å²) >= 11 is 0. The van der Waals surface area contributed by atoms with Crippen LogP contribution in [0.15, 0.2) is 30.6 Å². The van der Waals surface area contributed by atoms with Gasteiger partial charge in [-0.05, 0) is 49.8 Å². The molecule has 4 rings (SSSR count). The van der Waals surface area contributed by atoms with Gasteiger partial charge in [-0.1, -0.05) is 12.5 Å². The van der Waals surface area contributed by atoms with Gasteiger partial charge in [0.2, 0.25) is 5.65 Å². The van der Waals surface area contributed by atoms with E-state index in [1.807, 2.05) is 0 Å². The first kappa shape index (κ1) is 18.5. The molecule has 1 saturated carbocycles. The maximum Gasteiger partial charge on any atom is 0.258 e. The summed E-state index contributed by atoms with van der Waals surface area (Å²) in [4.78, 5) is 21.6. The van der Waals surface area contributed by atoms with E-state index in [0.717, 1.165) is 12.1 Å². The maximum absolute atomic E-state index is 13.4. The fourth-order valence-electron chi connectivity index (χ4n) is 3.43. The van der Waals surface area contributed by atoms with E-state index in [2.05, 4.69) is 9.97 Å². The molecule has 1 fully saturated rings. The molecule has 146 valence electrons. The third-order valence-electron chi connectivity index (χ3n) is 5.25. The molecule has 0 atom stereocenters. The van der Waals surface area contributed by atoms with E-state index in [4.69, 9.17) is 4.74 Å². The number of halogens is 2. The van der Waals surface area contributed by atoms with Crippen LogP contribution in [0.4, 0.5) is 8.78 Å². The molecule has 0 radical (unpaired) electrons. The summed E-state index contributed by atoms with van der Waals surface area (Å²) in [6.45, 7) is 2.38. The van der Waals surface area contributed by atoms with Crippen LogP contribution in [0.5, 0.6) is 5.88 Å². The number of ketones is 1. The van der Waals surface area contributed by atoms with E-state index in [0.29, 0.717) is 47.4 Å². The molecule has 0 spiro atoms. The second-order valence-corrected chi connectivity index (χ2v) is 7.25. The predicted molar refractivity (Wildman–Crippen MR) is 99.6 cm³/mol. The molecule has 2 aromatic heterocycles. The fourth-order valence-corrected chi connectivity index (χ4v) is 3.43. The maximum atomic E-state index is 13.4.